The van der Waals surface area contributed by atoms with Gasteiger partial charge in [-0.2, -0.15) is 4.98 Å². The Morgan fingerprint density at radius 3 is 2.73 bits per heavy atom. The Balaban J connectivity index is 2.92. The van der Waals surface area contributed by atoms with Crippen LogP contribution in [-0.4, -0.2) is 4.98 Å². The third-order valence-corrected chi connectivity index (χ3v) is 3.90. The van der Waals surface area contributed by atoms with Gasteiger partial charge in [-0.25, -0.2) is 0 Å². The van der Waals surface area contributed by atoms with Crippen molar-refractivity contribution in [2.24, 2.45) is 6.26 Å². The molecule has 0 N–H and O–H groups in total. The third-order valence-electron chi connectivity index (χ3n) is 1.92. The normalized spacial score (nSPS) is 12.4. The van der Waals surface area contributed by atoms with Crippen LogP contribution in [0.3, 0.4) is 0 Å². The van der Waals surface area contributed by atoms with Gasteiger partial charge in [-0.15, -0.1) is 0 Å². The zero-order valence-corrected chi connectivity index (χ0v) is 7.48. The summed E-state index contributed by atoms with van der Waals surface area (Å²) in [4.78, 5) is 4.46. The molecular formula is C9H10NS+. The maximum Gasteiger partial charge on any atom is 0.239 e. The molecule has 1 heterocycles. The van der Waals surface area contributed by atoms with Crippen LogP contribution in [0.5, 0.6) is 0 Å². The van der Waals surface area contributed by atoms with Gasteiger partial charge < -0.3 is 0 Å². The average Bonchev–Trinajstić information content (AvgIpc) is 2.30. The second-order valence-electron chi connectivity index (χ2n) is 2.61. The lowest BCUT2D eigenvalue weighted by atomic mass is 10.3. The zero-order chi connectivity index (χ0) is 7.84. The molecule has 0 spiro atoms. The molecular weight excluding hydrogens is 154 g/mol. The van der Waals surface area contributed by atoms with E-state index in [9.17, 15) is 0 Å². The summed E-state index contributed by atoms with van der Waals surface area (Å²) in [6.07, 6.45) is 2.23. The first-order valence-corrected chi connectivity index (χ1v) is 5.22. The number of hydrogen-bond donors (Lipinski definition) is 0. The summed E-state index contributed by atoms with van der Waals surface area (Å²) in [6, 6.07) is 8.36. The lowest BCUT2D eigenvalue weighted by molar-refractivity contribution is 1.34. The largest absolute Gasteiger partial charge is 0.239 e. The second kappa shape index (κ2) is 2.31. The van der Waals surface area contributed by atoms with Crippen molar-refractivity contribution in [2.75, 3.05) is 0 Å². The predicted molar refractivity (Wildman–Crippen MR) is 49.9 cm³/mol. The van der Waals surface area contributed by atoms with Crippen LogP contribution >= 0.6 is 10.5 Å². The van der Waals surface area contributed by atoms with Crippen molar-refractivity contribution in [3.8, 4) is 0 Å². The van der Waals surface area contributed by atoms with E-state index in [2.05, 4.69) is 36.4 Å². The van der Waals surface area contributed by atoms with Gasteiger partial charge in [0.1, 0.15) is 11.8 Å². The number of benzene rings is 1. The smallest absolute Gasteiger partial charge is 0.197 e. The fourth-order valence-electron chi connectivity index (χ4n) is 1.21. The lowest BCUT2D eigenvalue weighted by Gasteiger charge is -1.79. The Hall–Kier alpha value is -0.890. The van der Waals surface area contributed by atoms with Crippen LogP contribution in [0.4, 0.5) is 0 Å². The first-order valence-electron chi connectivity index (χ1n) is 3.59. The second-order valence-corrected chi connectivity index (χ2v) is 4.66. The number of nitrogens with zero attached hydrogens (tertiary/aromatic N) is 1. The van der Waals surface area contributed by atoms with Gasteiger partial charge in [0.2, 0.25) is 5.01 Å². The SMILES string of the molecule is Cc1nc2ccccc2[s+]1C. The minimum absolute atomic E-state index is 0.257. The lowest BCUT2D eigenvalue weighted by Crippen LogP contribution is -1.65. The topological polar surface area (TPSA) is 12.9 Å². The number of thiazole rings is 1. The Kier molecular flexibility index (Phi) is 1.43. The van der Waals surface area contributed by atoms with Crippen LogP contribution in [-0.2, 0) is 6.26 Å². The van der Waals surface area contributed by atoms with Crippen molar-refractivity contribution in [3.63, 3.8) is 0 Å². The molecule has 0 fully saturated rings. The molecule has 0 aliphatic heterocycles. The maximum absolute atomic E-state index is 4.46. The molecule has 0 radical (unpaired) electrons. The maximum atomic E-state index is 4.46. The van der Waals surface area contributed by atoms with Crippen molar-refractivity contribution < 1.29 is 0 Å². The van der Waals surface area contributed by atoms with Crippen molar-refractivity contribution in [1.82, 2.24) is 4.98 Å². The number of aromatic nitrogens is 1. The molecule has 2 rings (SSSR count). The molecule has 0 amide bonds. The highest BCUT2D eigenvalue weighted by molar-refractivity contribution is 7.35. The molecule has 0 saturated heterocycles. The van der Waals surface area contributed by atoms with Crippen LogP contribution in [0.2, 0.25) is 0 Å². The zero-order valence-electron chi connectivity index (χ0n) is 6.66. The molecule has 1 nitrogen and oxygen atoms in total. The number of aryl methyl sites for hydroxylation is 2. The van der Waals surface area contributed by atoms with Crippen molar-refractivity contribution in [1.29, 1.82) is 0 Å². The summed E-state index contributed by atoms with van der Waals surface area (Å²) in [5, 5.41) is 1.26. The fourth-order valence-corrected chi connectivity index (χ4v) is 2.47. The number of para-hydroxylation sites is 1. The highest BCUT2D eigenvalue weighted by atomic mass is 32.2. The average molecular weight is 164 g/mol. The van der Waals surface area contributed by atoms with Gasteiger partial charge >= 0.3 is 0 Å². The molecule has 1 unspecified atom stereocenters. The van der Waals surface area contributed by atoms with Crippen LogP contribution in [0.25, 0.3) is 10.2 Å². The van der Waals surface area contributed by atoms with E-state index in [1.54, 1.807) is 0 Å². The molecule has 2 aromatic rings. The van der Waals surface area contributed by atoms with E-state index >= 15 is 0 Å². The van der Waals surface area contributed by atoms with Crippen LogP contribution in [0.1, 0.15) is 5.01 Å². The molecule has 2 heteroatoms. The Morgan fingerprint density at radius 2 is 2.00 bits per heavy atom. The van der Waals surface area contributed by atoms with Gasteiger partial charge in [0, 0.05) is 23.5 Å². The molecule has 1 aromatic heterocycles. The highest BCUT2D eigenvalue weighted by Crippen LogP contribution is 2.29. The van der Waals surface area contributed by atoms with Gasteiger partial charge in [0.15, 0.2) is 4.70 Å². The summed E-state index contributed by atoms with van der Waals surface area (Å²) in [5.41, 5.74) is 1.16. The summed E-state index contributed by atoms with van der Waals surface area (Å²) in [5.74, 6) is 0. The molecule has 0 aliphatic carbocycles. The predicted octanol–water partition coefficient (Wildman–Crippen LogP) is 2.83. The summed E-state index contributed by atoms with van der Waals surface area (Å²) in [6.45, 7) is 2.10. The monoisotopic (exact) mass is 164 g/mol. The Morgan fingerprint density at radius 1 is 1.27 bits per heavy atom. The Bertz CT molecular complexity index is 389. The summed E-state index contributed by atoms with van der Waals surface area (Å²) in [7, 11) is 0.257. The molecule has 56 valence electrons. The minimum Gasteiger partial charge on any atom is -0.197 e. The van der Waals surface area contributed by atoms with Crippen molar-refractivity contribution in [2.45, 2.75) is 6.92 Å². The first kappa shape index (κ1) is 6.80. The van der Waals surface area contributed by atoms with E-state index in [-0.39, 0.29) is 10.5 Å². The van der Waals surface area contributed by atoms with Gasteiger partial charge in [-0.3, -0.25) is 0 Å². The van der Waals surface area contributed by atoms with E-state index in [0.29, 0.717) is 0 Å². The van der Waals surface area contributed by atoms with Gasteiger partial charge in [-0.1, -0.05) is 12.1 Å². The van der Waals surface area contributed by atoms with Gasteiger partial charge in [0.25, 0.3) is 0 Å². The number of hydrogen-bond acceptors (Lipinski definition) is 1. The molecule has 1 atom stereocenters. The van der Waals surface area contributed by atoms with Crippen LogP contribution in [0, 0.1) is 6.92 Å². The van der Waals surface area contributed by atoms with E-state index in [4.69, 9.17) is 0 Å². The van der Waals surface area contributed by atoms with Crippen LogP contribution in [0.15, 0.2) is 24.3 Å². The fraction of sp³-hybridized carbons (Fsp3) is 0.222. The van der Waals surface area contributed by atoms with E-state index in [1.807, 2.05) is 6.07 Å². The van der Waals surface area contributed by atoms with Crippen LogP contribution < -0.4 is 0 Å². The molecule has 1 aromatic carbocycles. The summed E-state index contributed by atoms with van der Waals surface area (Å²) < 4.78 is 1.39. The quantitative estimate of drug-likeness (QED) is 0.546. The minimum atomic E-state index is 0.257. The van der Waals surface area contributed by atoms with Gasteiger partial charge in [0.05, 0.1) is 0 Å². The molecule has 0 saturated carbocycles. The third kappa shape index (κ3) is 0.942. The van der Waals surface area contributed by atoms with Crippen molar-refractivity contribution in [3.05, 3.63) is 29.3 Å². The van der Waals surface area contributed by atoms with E-state index < -0.39 is 0 Å². The van der Waals surface area contributed by atoms with E-state index in [0.717, 1.165) is 5.52 Å². The van der Waals surface area contributed by atoms with E-state index in [1.165, 1.54) is 9.71 Å². The molecule has 0 bridgehead atoms. The van der Waals surface area contributed by atoms with Crippen molar-refractivity contribution >= 4 is 20.7 Å². The Labute approximate surface area is 68.7 Å². The molecule has 0 aliphatic rings. The first-order chi connectivity index (χ1) is 5.29. The number of rotatable bonds is 0. The highest BCUT2D eigenvalue weighted by Gasteiger charge is 2.12. The standard InChI is InChI=1S/C9H10NS/c1-7-10-8-5-3-4-6-9(8)11(7)2/h3-6H,1-2H3/q+1. The number of fused-ring (bicyclic) bond motifs is 1. The van der Waals surface area contributed by atoms with Gasteiger partial charge in [-0.05, 0) is 6.07 Å². The molecule has 11 heavy (non-hydrogen) atoms. The summed E-state index contributed by atoms with van der Waals surface area (Å²) >= 11 is 0.